The van der Waals surface area contributed by atoms with Crippen molar-refractivity contribution in [3.8, 4) is 33.8 Å². The summed E-state index contributed by atoms with van der Waals surface area (Å²) in [5.74, 6) is -0.195. The molecule has 0 aliphatic carbocycles. The molecule has 31 heavy (non-hydrogen) atoms. The summed E-state index contributed by atoms with van der Waals surface area (Å²) in [4.78, 5) is 35.6. The summed E-state index contributed by atoms with van der Waals surface area (Å²) in [6, 6.07) is 21.0. The van der Waals surface area contributed by atoms with Crippen molar-refractivity contribution in [3.05, 3.63) is 83.2 Å². The van der Waals surface area contributed by atoms with E-state index in [1.165, 1.54) is 19.9 Å². The molecule has 3 aromatic carbocycles. The molecule has 0 aliphatic rings. The predicted octanol–water partition coefficient (Wildman–Crippen LogP) is 4.98. The Morgan fingerprint density at radius 3 is 1.94 bits per heavy atom. The number of esters is 2. The van der Waals surface area contributed by atoms with Crippen LogP contribution in [0.3, 0.4) is 0 Å². The molecule has 0 fully saturated rings. The Labute approximate surface area is 177 Å². The van der Waals surface area contributed by atoms with Crippen LogP contribution in [0.1, 0.15) is 13.8 Å². The summed E-state index contributed by atoms with van der Waals surface area (Å²) in [6.07, 6.45) is 0. The smallest absolute Gasteiger partial charge is 0.344 e. The molecule has 0 aliphatic heterocycles. The van der Waals surface area contributed by atoms with Crippen LogP contribution < -0.4 is 15.1 Å². The normalized spacial score (nSPS) is 10.6. The Hall–Kier alpha value is -4.19. The lowest BCUT2D eigenvalue weighted by molar-refractivity contribution is -0.132. The Kier molecular flexibility index (Phi) is 5.37. The highest BCUT2D eigenvalue weighted by atomic mass is 16.5. The van der Waals surface area contributed by atoms with Crippen molar-refractivity contribution in [1.29, 1.82) is 0 Å². The van der Waals surface area contributed by atoms with Gasteiger partial charge in [-0.2, -0.15) is 0 Å². The molecule has 0 unspecified atom stereocenters. The van der Waals surface area contributed by atoms with Gasteiger partial charge in [0, 0.05) is 30.9 Å². The summed E-state index contributed by atoms with van der Waals surface area (Å²) in [5, 5.41) is 0.676. The molecule has 1 aromatic heterocycles. The molecule has 1 heterocycles. The molecule has 0 saturated carbocycles. The largest absolute Gasteiger partial charge is 0.427 e. The van der Waals surface area contributed by atoms with E-state index in [4.69, 9.17) is 13.9 Å². The van der Waals surface area contributed by atoms with Crippen LogP contribution in [0.15, 0.2) is 82.0 Å². The molecule has 0 radical (unpaired) electrons. The van der Waals surface area contributed by atoms with E-state index >= 15 is 0 Å². The van der Waals surface area contributed by atoms with Gasteiger partial charge >= 0.3 is 17.6 Å². The zero-order valence-electron chi connectivity index (χ0n) is 16.9. The Bertz CT molecular complexity index is 1330. The maximum Gasteiger partial charge on any atom is 0.344 e. The Morgan fingerprint density at radius 1 is 0.710 bits per heavy atom. The van der Waals surface area contributed by atoms with Crippen LogP contribution in [0.2, 0.25) is 0 Å². The summed E-state index contributed by atoms with van der Waals surface area (Å²) in [7, 11) is 0. The van der Waals surface area contributed by atoms with Crippen molar-refractivity contribution in [2.24, 2.45) is 0 Å². The fourth-order valence-electron chi connectivity index (χ4n) is 3.43. The molecule has 0 spiro atoms. The second-order valence-corrected chi connectivity index (χ2v) is 6.88. The van der Waals surface area contributed by atoms with E-state index in [0.29, 0.717) is 33.4 Å². The first-order chi connectivity index (χ1) is 14.9. The lowest BCUT2D eigenvalue weighted by Crippen LogP contribution is -2.07. The third kappa shape index (κ3) is 4.23. The van der Waals surface area contributed by atoms with E-state index in [0.717, 1.165) is 5.56 Å². The van der Waals surface area contributed by atoms with Gasteiger partial charge in [0.1, 0.15) is 17.1 Å². The summed E-state index contributed by atoms with van der Waals surface area (Å²) in [5.41, 5.74) is 2.31. The van der Waals surface area contributed by atoms with Crippen LogP contribution in [0.5, 0.6) is 11.5 Å². The molecule has 6 heteroatoms. The zero-order valence-corrected chi connectivity index (χ0v) is 16.9. The predicted molar refractivity (Wildman–Crippen MR) is 116 cm³/mol. The minimum Gasteiger partial charge on any atom is -0.427 e. The lowest BCUT2D eigenvalue weighted by Gasteiger charge is -2.13. The van der Waals surface area contributed by atoms with Gasteiger partial charge in [0.2, 0.25) is 0 Å². The van der Waals surface area contributed by atoms with Gasteiger partial charge in [0.25, 0.3) is 0 Å². The van der Waals surface area contributed by atoms with Gasteiger partial charge in [0.05, 0.1) is 5.56 Å². The number of benzene rings is 3. The number of ether oxygens (including phenoxy) is 2. The molecule has 0 N–H and O–H groups in total. The monoisotopic (exact) mass is 414 g/mol. The second-order valence-electron chi connectivity index (χ2n) is 6.88. The molecule has 0 atom stereocenters. The molecular weight excluding hydrogens is 396 g/mol. The van der Waals surface area contributed by atoms with Crippen LogP contribution >= 0.6 is 0 Å². The highest BCUT2D eigenvalue weighted by molar-refractivity contribution is 6.01. The van der Waals surface area contributed by atoms with E-state index in [1.54, 1.807) is 36.4 Å². The SMILES string of the molecule is CC(=O)Oc1ccc(-c2c(-c3ccccc3)c(=O)oc3cc(OC(C)=O)ccc23)cc1. The molecule has 4 rings (SSSR count). The maximum atomic E-state index is 13.0. The third-order valence-corrected chi connectivity index (χ3v) is 4.61. The van der Waals surface area contributed by atoms with Crippen molar-refractivity contribution < 1.29 is 23.5 Å². The highest BCUT2D eigenvalue weighted by Crippen LogP contribution is 2.37. The van der Waals surface area contributed by atoms with Crippen molar-refractivity contribution >= 4 is 22.9 Å². The average molecular weight is 414 g/mol. The van der Waals surface area contributed by atoms with Crippen molar-refractivity contribution in [3.63, 3.8) is 0 Å². The highest BCUT2D eigenvalue weighted by Gasteiger charge is 2.19. The first-order valence-corrected chi connectivity index (χ1v) is 9.56. The number of rotatable bonds is 4. The molecule has 154 valence electrons. The number of carbonyl (C=O) groups excluding carboxylic acids is 2. The Morgan fingerprint density at radius 2 is 1.29 bits per heavy atom. The number of fused-ring (bicyclic) bond motifs is 1. The van der Waals surface area contributed by atoms with E-state index in [1.807, 2.05) is 30.3 Å². The standard InChI is InChI=1S/C25H18O6/c1-15(26)29-19-10-8-18(9-11-19)23-21-13-12-20(30-16(2)27)14-22(21)31-25(28)24(23)17-6-4-3-5-7-17/h3-14H,1-2H3. The van der Waals surface area contributed by atoms with E-state index in [-0.39, 0.29) is 5.75 Å². The first-order valence-electron chi connectivity index (χ1n) is 9.56. The van der Waals surface area contributed by atoms with Crippen LogP contribution in [0, 0.1) is 0 Å². The zero-order chi connectivity index (χ0) is 22.0. The molecule has 0 amide bonds. The van der Waals surface area contributed by atoms with Crippen LogP contribution in [-0.4, -0.2) is 11.9 Å². The lowest BCUT2D eigenvalue weighted by atomic mass is 9.93. The maximum absolute atomic E-state index is 13.0. The summed E-state index contributed by atoms with van der Waals surface area (Å²) >= 11 is 0. The number of hydrogen-bond donors (Lipinski definition) is 0. The molecule has 0 saturated heterocycles. The number of hydrogen-bond acceptors (Lipinski definition) is 6. The van der Waals surface area contributed by atoms with E-state index < -0.39 is 17.6 Å². The summed E-state index contributed by atoms with van der Waals surface area (Å²) < 4.78 is 15.8. The average Bonchev–Trinajstić information content (AvgIpc) is 2.73. The molecule has 0 bridgehead atoms. The van der Waals surface area contributed by atoms with Crippen molar-refractivity contribution in [2.45, 2.75) is 13.8 Å². The van der Waals surface area contributed by atoms with Crippen LogP contribution in [0.4, 0.5) is 0 Å². The van der Waals surface area contributed by atoms with Crippen molar-refractivity contribution in [1.82, 2.24) is 0 Å². The van der Waals surface area contributed by atoms with Gasteiger partial charge in [-0.05, 0) is 35.4 Å². The molecule has 4 aromatic rings. The third-order valence-electron chi connectivity index (χ3n) is 4.61. The van der Waals surface area contributed by atoms with Gasteiger partial charge in [-0.3, -0.25) is 9.59 Å². The van der Waals surface area contributed by atoms with Crippen LogP contribution in [0.25, 0.3) is 33.2 Å². The Balaban J connectivity index is 1.98. The van der Waals surface area contributed by atoms with Gasteiger partial charge in [-0.1, -0.05) is 42.5 Å². The fourth-order valence-corrected chi connectivity index (χ4v) is 3.43. The first kappa shape index (κ1) is 20.1. The molecular formula is C25H18O6. The van der Waals surface area contributed by atoms with E-state index in [9.17, 15) is 14.4 Å². The topological polar surface area (TPSA) is 82.8 Å². The van der Waals surface area contributed by atoms with Gasteiger partial charge in [-0.15, -0.1) is 0 Å². The minimum atomic E-state index is -0.516. The minimum absolute atomic E-state index is 0.284. The van der Waals surface area contributed by atoms with Gasteiger partial charge in [-0.25, -0.2) is 4.79 Å². The van der Waals surface area contributed by atoms with Crippen LogP contribution in [-0.2, 0) is 9.59 Å². The van der Waals surface area contributed by atoms with Gasteiger partial charge in [0.15, 0.2) is 0 Å². The fraction of sp³-hybridized carbons (Fsp3) is 0.0800. The van der Waals surface area contributed by atoms with E-state index in [2.05, 4.69) is 0 Å². The summed E-state index contributed by atoms with van der Waals surface area (Å²) in [6.45, 7) is 2.63. The second kappa shape index (κ2) is 8.28. The van der Waals surface area contributed by atoms with Crippen molar-refractivity contribution in [2.75, 3.05) is 0 Å². The molecule has 6 nitrogen and oxygen atoms in total. The quantitative estimate of drug-likeness (QED) is 0.266. The van der Waals surface area contributed by atoms with Gasteiger partial charge < -0.3 is 13.9 Å². The number of carbonyl (C=O) groups is 2.